The number of amides is 1. The molecular weight excluding hydrogens is 242 g/mol. The number of thiophene rings is 1. The lowest BCUT2D eigenvalue weighted by molar-refractivity contribution is -0.120. The van der Waals surface area contributed by atoms with Gasteiger partial charge in [0, 0.05) is 18.9 Å². The summed E-state index contributed by atoms with van der Waals surface area (Å²) in [5.74, 6) is 1.95. The summed E-state index contributed by atoms with van der Waals surface area (Å²) in [6.45, 7) is 0.955. The molecule has 1 rings (SSSR count). The number of carbonyl (C=O) groups is 1. The topological polar surface area (TPSA) is 49.3 Å². The van der Waals surface area contributed by atoms with E-state index in [1.807, 2.05) is 16.8 Å². The Bertz CT molecular complexity index is 288. The maximum Gasteiger partial charge on any atom is 0.224 e. The minimum atomic E-state index is 0.0844. The molecule has 1 amide bonds. The van der Waals surface area contributed by atoms with E-state index >= 15 is 0 Å². The third-order valence-electron chi connectivity index (χ3n) is 1.96. The van der Waals surface area contributed by atoms with E-state index in [-0.39, 0.29) is 12.5 Å². The second kappa shape index (κ2) is 8.61. The van der Waals surface area contributed by atoms with Gasteiger partial charge in [0.1, 0.15) is 0 Å². The molecule has 0 bridgehead atoms. The van der Waals surface area contributed by atoms with Crippen molar-refractivity contribution >= 4 is 29.0 Å². The van der Waals surface area contributed by atoms with E-state index in [0.717, 1.165) is 23.5 Å². The molecule has 0 aliphatic carbocycles. The molecule has 0 aliphatic rings. The molecule has 5 heteroatoms. The Morgan fingerprint density at radius 2 is 2.38 bits per heavy atom. The molecule has 0 unspecified atom stereocenters. The smallest absolute Gasteiger partial charge is 0.224 e. The van der Waals surface area contributed by atoms with Crippen molar-refractivity contribution in [3.63, 3.8) is 0 Å². The lowest BCUT2D eigenvalue weighted by Gasteiger charge is -2.03. The summed E-state index contributed by atoms with van der Waals surface area (Å²) >= 11 is 3.37. The minimum Gasteiger partial charge on any atom is -0.396 e. The van der Waals surface area contributed by atoms with Crippen molar-refractivity contribution < 1.29 is 9.90 Å². The van der Waals surface area contributed by atoms with Crippen LogP contribution in [0.25, 0.3) is 0 Å². The Balaban J connectivity index is 1.98. The summed E-state index contributed by atoms with van der Waals surface area (Å²) in [4.78, 5) is 11.4. The van der Waals surface area contributed by atoms with Crippen LogP contribution in [0.3, 0.4) is 0 Å². The number of aliphatic hydroxyl groups excluding tert-OH is 1. The molecule has 0 spiro atoms. The van der Waals surface area contributed by atoms with Gasteiger partial charge in [-0.25, -0.2) is 0 Å². The first kappa shape index (κ1) is 13.5. The van der Waals surface area contributed by atoms with Crippen LogP contribution < -0.4 is 5.32 Å². The lowest BCUT2D eigenvalue weighted by Crippen LogP contribution is -2.27. The Hall–Kier alpha value is -0.520. The largest absolute Gasteiger partial charge is 0.396 e. The van der Waals surface area contributed by atoms with E-state index in [9.17, 15) is 4.79 Å². The van der Waals surface area contributed by atoms with Crippen LogP contribution in [0, 0.1) is 0 Å². The molecule has 1 aromatic rings. The fourth-order valence-corrected chi connectivity index (χ4v) is 2.62. The summed E-state index contributed by atoms with van der Waals surface area (Å²) in [6.07, 6.45) is 1.30. The Morgan fingerprint density at radius 1 is 1.50 bits per heavy atom. The first-order valence-electron chi connectivity index (χ1n) is 5.29. The van der Waals surface area contributed by atoms with Gasteiger partial charge in [-0.05, 0) is 34.6 Å². The number of thioether (sulfide) groups is 1. The summed E-state index contributed by atoms with van der Waals surface area (Å²) in [6, 6.07) is 1.97. The highest BCUT2D eigenvalue weighted by Crippen LogP contribution is 2.06. The van der Waals surface area contributed by atoms with Gasteiger partial charge in [-0.3, -0.25) is 4.79 Å². The SMILES string of the molecule is O=C(Cc1ccsc1)NCCSCCCO. The van der Waals surface area contributed by atoms with Gasteiger partial charge in [0.05, 0.1) is 6.42 Å². The van der Waals surface area contributed by atoms with Crippen molar-refractivity contribution in [2.75, 3.05) is 24.7 Å². The highest BCUT2D eigenvalue weighted by molar-refractivity contribution is 7.99. The second-order valence-electron chi connectivity index (χ2n) is 3.35. The van der Waals surface area contributed by atoms with E-state index in [1.54, 1.807) is 23.1 Å². The summed E-state index contributed by atoms with van der Waals surface area (Å²) in [5, 5.41) is 15.4. The standard InChI is InChI=1S/C11H17NO2S2/c13-4-1-5-15-7-3-12-11(14)8-10-2-6-16-9-10/h2,6,9,13H,1,3-5,7-8H2,(H,12,14). The van der Waals surface area contributed by atoms with Crippen LogP contribution in [0.15, 0.2) is 16.8 Å². The van der Waals surface area contributed by atoms with Crippen LogP contribution in [0.4, 0.5) is 0 Å². The Labute approximate surface area is 104 Å². The van der Waals surface area contributed by atoms with Gasteiger partial charge in [0.25, 0.3) is 0 Å². The van der Waals surface area contributed by atoms with Gasteiger partial charge in [0.2, 0.25) is 5.91 Å². The quantitative estimate of drug-likeness (QED) is 0.696. The molecule has 16 heavy (non-hydrogen) atoms. The monoisotopic (exact) mass is 259 g/mol. The minimum absolute atomic E-state index is 0.0844. The van der Waals surface area contributed by atoms with Crippen molar-refractivity contribution in [3.8, 4) is 0 Å². The fourth-order valence-electron chi connectivity index (χ4n) is 1.17. The normalized spacial score (nSPS) is 10.3. The molecule has 1 aromatic heterocycles. The number of aliphatic hydroxyl groups is 1. The van der Waals surface area contributed by atoms with Crippen LogP contribution >= 0.6 is 23.1 Å². The highest BCUT2D eigenvalue weighted by Gasteiger charge is 2.02. The maximum absolute atomic E-state index is 11.4. The van der Waals surface area contributed by atoms with Crippen molar-refractivity contribution in [3.05, 3.63) is 22.4 Å². The molecule has 90 valence electrons. The molecule has 0 radical (unpaired) electrons. The Kier molecular flexibility index (Phi) is 7.29. The second-order valence-corrected chi connectivity index (χ2v) is 5.35. The molecule has 3 nitrogen and oxygen atoms in total. The summed E-state index contributed by atoms with van der Waals surface area (Å²) in [5.41, 5.74) is 1.08. The number of hydrogen-bond acceptors (Lipinski definition) is 4. The predicted molar refractivity (Wildman–Crippen MR) is 70.1 cm³/mol. The molecule has 1 heterocycles. The number of carbonyl (C=O) groups excluding carboxylic acids is 1. The average molecular weight is 259 g/mol. The van der Waals surface area contributed by atoms with E-state index in [1.165, 1.54) is 0 Å². The van der Waals surface area contributed by atoms with Crippen molar-refractivity contribution in [2.45, 2.75) is 12.8 Å². The van der Waals surface area contributed by atoms with Crippen LogP contribution in [0.2, 0.25) is 0 Å². The third kappa shape index (κ3) is 6.15. The zero-order valence-electron chi connectivity index (χ0n) is 9.15. The molecule has 0 saturated heterocycles. The Morgan fingerprint density at radius 3 is 3.06 bits per heavy atom. The molecular formula is C11H17NO2S2. The predicted octanol–water partition coefficient (Wildman–Crippen LogP) is 1.52. The summed E-state index contributed by atoms with van der Waals surface area (Å²) in [7, 11) is 0. The van der Waals surface area contributed by atoms with Crippen LogP contribution in [-0.2, 0) is 11.2 Å². The molecule has 0 saturated carbocycles. The molecule has 0 aliphatic heterocycles. The number of hydrogen-bond donors (Lipinski definition) is 2. The van der Waals surface area contributed by atoms with Gasteiger partial charge in [-0.1, -0.05) is 0 Å². The molecule has 0 atom stereocenters. The molecule has 2 N–H and O–H groups in total. The highest BCUT2D eigenvalue weighted by atomic mass is 32.2. The van der Waals surface area contributed by atoms with Crippen LogP contribution in [0.1, 0.15) is 12.0 Å². The van der Waals surface area contributed by atoms with Crippen molar-refractivity contribution in [1.82, 2.24) is 5.32 Å². The number of rotatable bonds is 8. The van der Waals surface area contributed by atoms with Crippen molar-refractivity contribution in [1.29, 1.82) is 0 Å². The van der Waals surface area contributed by atoms with Crippen LogP contribution in [-0.4, -0.2) is 35.7 Å². The van der Waals surface area contributed by atoms with Gasteiger partial charge >= 0.3 is 0 Å². The fraction of sp³-hybridized carbons (Fsp3) is 0.545. The summed E-state index contributed by atoms with van der Waals surface area (Å²) < 4.78 is 0. The average Bonchev–Trinajstić information content (AvgIpc) is 2.76. The van der Waals surface area contributed by atoms with Gasteiger partial charge in [-0.15, -0.1) is 0 Å². The number of nitrogens with one attached hydrogen (secondary N) is 1. The van der Waals surface area contributed by atoms with E-state index < -0.39 is 0 Å². The van der Waals surface area contributed by atoms with Crippen molar-refractivity contribution in [2.24, 2.45) is 0 Å². The molecule has 0 aromatic carbocycles. The van der Waals surface area contributed by atoms with Gasteiger partial charge in [0.15, 0.2) is 0 Å². The zero-order chi connectivity index (χ0) is 11.6. The maximum atomic E-state index is 11.4. The zero-order valence-corrected chi connectivity index (χ0v) is 10.8. The van der Waals surface area contributed by atoms with Gasteiger partial charge in [-0.2, -0.15) is 23.1 Å². The van der Waals surface area contributed by atoms with Gasteiger partial charge < -0.3 is 10.4 Å². The van der Waals surface area contributed by atoms with Crippen LogP contribution in [0.5, 0.6) is 0 Å². The first-order chi connectivity index (χ1) is 7.83. The van der Waals surface area contributed by atoms with E-state index in [2.05, 4.69) is 5.32 Å². The van der Waals surface area contributed by atoms with E-state index in [4.69, 9.17) is 5.11 Å². The third-order valence-corrected chi connectivity index (χ3v) is 3.76. The molecule has 0 fully saturated rings. The lowest BCUT2D eigenvalue weighted by atomic mass is 10.2. The first-order valence-corrected chi connectivity index (χ1v) is 7.39. The van der Waals surface area contributed by atoms with E-state index in [0.29, 0.717) is 13.0 Å².